The van der Waals surface area contributed by atoms with Crippen LogP contribution >= 0.6 is 11.6 Å². The topological polar surface area (TPSA) is 86.3 Å². The Morgan fingerprint density at radius 1 is 1.27 bits per heavy atom. The molecule has 11 heteroatoms. The summed E-state index contributed by atoms with van der Waals surface area (Å²) in [6.07, 6.45) is 0.779. The number of halogens is 3. The zero-order valence-electron chi connectivity index (χ0n) is 17.9. The molecule has 4 rings (SSSR count). The largest absolute Gasteiger partial charge is 0.497 e. The van der Waals surface area contributed by atoms with Crippen molar-refractivity contribution in [1.82, 2.24) is 29.7 Å². The van der Waals surface area contributed by atoms with E-state index in [-0.39, 0.29) is 16.9 Å². The molecule has 1 N–H and O–H groups in total. The molecule has 1 amide bonds. The molecule has 3 aromatic heterocycles. The van der Waals surface area contributed by atoms with Crippen molar-refractivity contribution in [3.63, 3.8) is 0 Å². The van der Waals surface area contributed by atoms with E-state index in [0.717, 1.165) is 10.2 Å². The van der Waals surface area contributed by atoms with Crippen molar-refractivity contribution in [3.05, 3.63) is 64.7 Å². The highest BCUT2D eigenvalue weighted by molar-refractivity contribution is 6.31. The van der Waals surface area contributed by atoms with Gasteiger partial charge in [0.2, 0.25) is 0 Å². The maximum Gasteiger partial charge on any atom is 0.280 e. The Morgan fingerprint density at radius 3 is 2.67 bits per heavy atom. The Balaban J connectivity index is 1.55. The second-order valence-electron chi connectivity index (χ2n) is 7.32. The number of nitrogens with zero attached hydrogens (tertiary/aromatic N) is 5. The summed E-state index contributed by atoms with van der Waals surface area (Å²) in [4.78, 5) is 17.2. The summed E-state index contributed by atoms with van der Waals surface area (Å²) in [5, 5.41) is 11.6. The van der Waals surface area contributed by atoms with E-state index in [2.05, 4.69) is 20.5 Å². The number of hydrogen-bond acceptors (Lipinski definition) is 5. The minimum Gasteiger partial charge on any atom is -0.497 e. The Labute approximate surface area is 193 Å². The summed E-state index contributed by atoms with van der Waals surface area (Å²) in [5.41, 5.74) is 1.48. The minimum atomic E-state index is -2.80. The Bertz CT molecular complexity index is 1270. The van der Waals surface area contributed by atoms with Gasteiger partial charge in [-0.2, -0.15) is 10.2 Å². The molecule has 4 aromatic rings. The fourth-order valence-corrected chi connectivity index (χ4v) is 3.51. The Hall–Kier alpha value is -3.53. The molecule has 0 fully saturated rings. The highest BCUT2D eigenvalue weighted by atomic mass is 35.5. The van der Waals surface area contributed by atoms with Crippen LogP contribution in [-0.4, -0.2) is 43.9 Å². The van der Waals surface area contributed by atoms with Crippen molar-refractivity contribution in [3.8, 4) is 17.0 Å². The standard InChI is InChI=1S/C22H21ClF2N6O2/c1-13-17(23)12-30(29-13)9-3-8-26-22(32)16-11-27-31-19(20(24)25)10-18(28-21(16)31)14-4-6-15(33-2)7-5-14/h4-7,10-12,20H,3,8-9H2,1-2H3,(H,26,32). The zero-order valence-corrected chi connectivity index (χ0v) is 18.7. The summed E-state index contributed by atoms with van der Waals surface area (Å²) >= 11 is 5.99. The van der Waals surface area contributed by atoms with Crippen LogP contribution in [-0.2, 0) is 6.54 Å². The van der Waals surface area contributed by atoms with Crippen LogP contribution in [0.15, 0.2) is 42.7 Å². The number of aryl methyl sites for hydroxylation is 2. The third-order valence-electron chi connectivity index (χ3n) is 5.09. The number of methoxy groups -OCH3 is 1. The van der Waals surface area contributed by atoms with E-state index in [9.17, 15) is 13.6 Å². The van der Waals surface area contributed by atoms with Crippen LogP contribution in [0.2, 0.25) is 5.02 Å². The molecule has 1 aromatic carbocycles. The number of carbonyl (C=O) groups is 1. The number of amides is 1. The lowest BCUT2D eigenvalue weighted by Crippen LogP contribution is -2.25. The average molecular weight is 475 g/mol. The molecule has 0 bridgehead atoms. The van der Waals surface area contributed by atoms with E-state index in [1.165, 1.54) is 19.4 Å². The van der Waals surface area contributed by atoms with Gasteiger partial charge in [0.05, 0.1) is 29.7 Å². The average Bonchev–Trinajstić information content (AvgIpc) is 3.38. The van der Waals surface area contributed by atoms with Crippen LogP contribution in [0.25, 0.3) is 16.9 Å². The van der Waals surface area contributed by atoms with Gasteiger partial charge in [0.15, 0.2) is 5.65 Å². The first-order valence-electron chi connectivity index (χ1n) is 10.2. The number of benzene rings is 1. The van der Waals surface area contributed by atoms with Crippen molar-refractivity contribution in [1.29, 1.82) is 0 Å². The number of hydrogen-bond donors (Lipinski definition) is 1. The first kappa shape index (κ1) is 22.7. The van der Waals surface area contributed by atoms with Gasteiger partial charge in [0.1, 0.15) is 17.0 Å². The number of alkyl halides is 2. The van der Waals surface area contributed by atoms with Crippen molar-refractivity contribution < 1.29 is 18.3 Å². The Kier molecular flexibility index (Phi) is 6.55. The second-order valence-corrected chi connectivity index (χ2v) is 7.73. The van der Waals surface area contributed by atoms with Gasteiger partial charge in [-0.25, -0.2) is 18.3 Å². The summed E-state index contributed by atoms with van der Waals surface area (Å²) in [6.45, 7) is 2.73. The fraction of sp³-hybridized carbons (Fsp3) is 0.273. The van der Waals surface area contributed by atoms with Gasteiger partial charge in [0.25, 0.3) is 12.3 Å². The monoisotopic (exact) mass is 474 g/mol. The third kappa shape index (κ3) is 4.80. The molecule has 0 aliphatic heterocycles. The third-order valence-corrected chi connectivity index (χ3v) is 5.46. The van der Waals surface area contributed by atoms with Crippen LogP contribution in [0.5, 0.6) is 5.75 Å². The number of aromatic nitrogens is 5. The second kappa shape index (κ2) is 9.53. The van der Waals surface area contributed by atoms with E-state index < -0.39 is 12.3 Å². The van der Waals surface area contributed by atoms with Crippen molar-refractivity contribution in [2.45, 2.75) is 26.3 Å². The molecule has 3 heterocycles. The molecule has 0 saturated heterocycles. The summed E-state index contributed by atoms with van der Waals surface area (Å²) in [5.74, 6) is 0.185. The smallest absolute Gasteiger partial charge is 0.280 e. The quantitative estimate of drug-likeness (QED) is 0.384. The first-order valence-corrected chi connectivity index (χ1v) is 10.5. The molecular formula is C22H21ClF2N6O2. The highest BCUT2D eigenvalue weighted by Crippen LogP contribution is 2.27. The van der Waals surface area contributed by atoms with Crippen LogP contribution in [0.3, 0.4) is 0 Å². The molecule has 8 nitrogen and oxygen atoms in total. The molecule has 0 radical (unpaired) electrons. The number of fused-ring (bicyclic) bond motifs is 1. The molecule has 0 spiro atoms. The van der Waals surface area contributed by atoms with E-state index in [1.807, 2.05) is 6.92 Å². The predicted molar refractivity (Wildman–Crippen MR) is 119 cm³/mol. The SMILES string of the molecule is COc1ccc(-c2cc(C(F)F)n3ncc(C(=O)NCCCn4cc(Cl)c(C)n4)c3n2)cc1. The predicted octanol–water partition coefficient (Wildman–Crippen LogP) is 4.32. The lowest BCUT2D eigenvalue weighted by Gasteiger charge is -2.09. The number of carbonyl (C=O) groups excluding carboxylic acids is 1. The highest BCUT2D eigenvalue weighted by Gasteiger charge is 2.21. The number of nitrogens with one attached hydrogen (secondary N) is 1. The van der Waals surface area contributed by atoms with E-state index in [1.54, 1.807) is 35.1 Å². The van der Waals surface area contributed by atoms with E-state index in [0.29, 0.717) is 41.5 Å². The fourth-order valence-electron chi connectivity index (χ4n) is 3.36. The van der Waals surface area contributed by atoms with Gasteiger partial charge in [0, 0.05) is 24.8 Å². The summed E-state index contributed by atoms with van der Waals surface area (Å²) < 4.78 is 35.3. The van der Waals surface area contributed by atoms with Crippen LogP contribution in [0.4, 0.5) is 8.78 Å². The molecular weight excluding hydrogens is 454 g/mol. The van der Waals surface area contributed by atoms with Gasteiger partial charge >= 0.3 is 0 Å². The minimum absolute atomic E-state index is 0.0607. The van der Waals surface area contributed by atoms with Crippen LogP contribution < -0.4 is 10.1 Å². The molecule has 33 heavy (non-hydrogen) atoms. The van der Waals surface area contributed by atoms with E-state index in [4.69, 9.17) is 16.3 Å². The van der Waals surface area contributed by atoms with Crippen molar-refractivity contribution >= 4 is 23.2 Å². The first-order chi connectivity index (χ1) is 15.9. The lowest BCUT2D eigenvalue weighted by atomic mass is 10.1. The van der Waals surface area contributed by atoms with Gasteiger partial charge in [-0.05, 0) is 43.7 Å². The lowest BCUT2D eigenvalue weighted by molar-refractivity contribution is 0.0953. The van der Waals surface area contributed by atoms with Gasteiger partial charge in [-0.1, -0.05) is 11.6 Å². The number of rotatable bonds is 8. The zero-order chi connectivity index (χ0) is 23.5. The molecule has 0 aliphatic rings. The molecule has 172 valence electrons. The maximum absolute atomic E-state index is 13.7. The van der Waals surface area contributed by atoms with Crippen molar-refractivity contribution in [2.75, 3.05) is 13.7 Å². The van der Waals surface area contributed by atoms with Gasteiger partial charge < -0.3 is 10.1 Å². The summed E-state index contributed by atoms with van der Waals surface area (Å²) in [7, 11) is 1.54. The van der Waals surface area contributed by atoms with E-state index >= 15 is 0 Å². The number of ether oxygens (including phenoxy) is 1. The molecule has 0 atom stereocenters. The maximum atomic E-state index is 13.7. The Morgan fingerprint density at radius 2 is 2.03 bits per heavy atom. The molecule has 0 aliphatic carbocycles. The van der Waals surface area contributed by atoms with Gasteiger partial charge in [-0.3, -0.25) is 9.48 Å². The normalized spacial score (nSPS) is 11.3. The summed E-state index contributed by atoms with van der Waals surface area (Å²) in [6, 6.07) is 8.12. The van der Waals surface area contributed by atoms with Crippen molar-refractivity contribution in [2.24, 2.45) is 0 Å². The molecule has 0 saturated carbocycles. The van der Waals surface area contributed by atoms with Crippen LogP contribution in [0, 0.1) is 6.92 Å². The van der Waals surface area contributed by atoms with Gasteiger partial charge in [-0.15, -0.1) is 0 Å². The van der Waals surface area contributed by atoms with Crippen LogP contribution in [0.1, 0.15) is 34.6 Å². The molecule has 0 unspecified atom stereocenters.